The van der Waals surface area contributed by atoms with Crippen LogP contribution < -0.4 is 0 Å². The Bertz CT molecular complexity index is 830. The number of carbonyl (C=O) groups excluding carboxylic acids is 1. The van der Waals surface area contributed by atoms with Crippen molar-refractivity contribution in [2.24, 2.45) is 0 Å². The maximum absolute atomic E-state index is 12.3. The molecular weight excluding hydrogens is 328 g/mol. The van der Waals surface area contributed by atoms with Gasteiger partial charge in [0.2, 0.25) is 0 Å². The Hall–Kier alpha value is -2.07. The number of rotatable bonds is 3. The summed E-state index contributed by atoms with van der Waals surface area (Å²) in [4.78, 5) is 20.9. The number of aryl methyl sites for hydroxylation is 1. The topological polar surface area (TPSA) is 42.9 Å². The zero-order valence-corrected chi connectivity index (χ0v) is 13.1. The Morgan fingerprint density at radius 1 is 1.19 bits per heavy atom. The zero-order valence-electron chi connectivity index (χ0n) is 11.5. The molecule has 2 aromatic heterocycles. The number of hydrogen-bond donors (Lipinski definition) is 0. The average molecular weight is 341 g/mol. The Morgan fingerprint density at radius 2 is 2.05 bits per heavy atom. The highest BCUT2D eigenvalue weighted by Crippen LogP contribution is 2.19. The minimum atomic E-state index is 0.0287. The van der Waals surface area contributed by atoms with Gasteiger partial charge >= 0.3 is 0 Å². The molecule has 2 heterocycles. The molecule has 4 heteroatoms. The standard InChI is InChI=1S/C17H13BrN2O/c1-11-3-2-4-16(20-11)17(21)8-12-5-6-15-13(7-12)9-14(18)10-19-15/h2-7,9-10H,8H2,1H3. The summed E-state index contributed by atoms with van der Waals surface area (Å²) in [6.07, 6.45) is 2.11. The van der Waals surface area contributed by atoms with Crippen LogP contribution in [0.4, 0.5) is 0 Å². The van der Waals surface area contributed by atoms with Crippen molar-refractivity contribution in [3.05, 3.63) is 70.1 Å². The number of nitrogens with zero attached hydrogens (tertiary/aromatic N) is 2. The van der Waals surface area contributed by atoms with E-state index >= 15 is 0 Å². The van der Waals surface area contributed by atoms with Gasteiger partial charge in [0, 0.05) is 28.2 Å². The van der Waals surface area contributed by atoms with Gasteiger partial charge in [-0.3, -0.25) is 14.8 Å². The molecule has 0 aliphatic carbocycles. The first-order chi connectivity index (χ1) is 10.1. The summed E-state index contributed by atoms with van der Waals surface area (Å²) in [6, 6.07) is 13.4. The Morgan fingerprint density at radius 3 is 2.86 bits per heavy atom. The second kappa shape index (κ2) is 5.74. The third-order valence-corrected chi connectivity index (χ3v) is 3.68. The number of carbonyl (C=O) groups is 1. The van der Waals surface area contributed by atoms with Crippen LogP contribution in [0.2, 0.25) is 0 Å². The van der Waals surface area contributed by atoms with Gasteiger partial charge < -0.3 is 0 Å². The fraction of sp³-hybridized carbons (Fsp3) is 0.118. The van der Waals surface area contributed by atoms with Gasteiger partial charge in [-0.25, -0.2) is 0 Å². The molecule has 0 aliphatic heterocycles. The number of fused-ring (bicyclic) bond motifs is 1. The van der Waals surface area contributed by atoms with E-state index < -0.39 is 0 Å². The Labute approximate surface area is 131 Å². The molecule has 21 heavy (non-hydrogen) atoms. The van der Waals surface area contributed by atoms with Crippen molar-refractivity contribution in [3.63, 3.8) is 0 Å². The van der Waals surface area contributed by atoms with Crippen molar-refractivity contribution in [2.75, 3.05) is 0 Å². The van der Waals surface area contributed by atoms with Crippen molar-refractivity contribution < 1.29 is 4.79 Å². The van der Waals surface area contributed by atoms with Crippen LogP contribution in [-0.2, 0) is 6.42 Å². The fourth-order valence-corrected chi connectivity index (χ4v) is 2.59. The van der Waals surface area contributed by atoms with E-state index in [0.29, 0.717) is 12.1 Å². The minimum Gasteiger partial charge on any atom is -0.292 e. The first kappa shape index (κ1) is 13.9. The van der Waals surface area contributed by atoms with Crippen molar-refractivity contribution in [1.29, 1.82) is 0 Å². The molecule has 104 valence electrons. The summed E-state index contributed by atoms with van der Waals surface area (Å²) in [5.41, 5.74) is 3.26. The molecule has 0 spiro atoms. The van der Waals surface area contributed by atoms with Gasteiger partial charge in [0.25, 0.3) is 0 Å². The van der Waals surface area contributed by atoms with Crippen LogP contribution in [0.5, 0.6) is 0 Å². The molecule has 0 N–H and O–H groups in total. The van der Waals surface area contributed by atoms with Crippen LogP contribution in [0.1, 0.15) is 21.7 Å². The van der Waals surface area contributed by atoms with Gasteiger partial charge in [-0.2, -0.15) is 0 Å². The summed E-state index contributed by atoms with van der Waals surface area (Å²) in [5, 5.41) is 1.02. The number of ketones is 1. The van der Waals surface area contributed by atoms with Crippen LogP contribution >= 0.6 is 15.9 Å². The third-order valence-electron chi connectivity index (χ3n) is 3.25. The van der Waals surface area contributed by atoms with E-state index in [1.165, 1.54) is 0 Å². The second-order valence-electron chi connectivity index (χ2n) is 4.94. The molecule has 0 fully saturated rings. The molecule has 3 aromatic rings. The number of halogens is 1. The highest BCUT2D eigenvalue weighted by atomic mass is 79.9. The predicted octanol–water partition coefficient (Wildman–Crippen LogP) is 4.13. The van der Waals surface area contributed by atoms with Crippen molar-refractivity contribution in [2.45, 2.75) is 13.3 Å². The van der Waals surface area contributed by atoms with Crippen LogP contribution in [-0.4, -0.2) is 15.8 Å². The summed E-state index contributed by atoms with van der Waals surface area (Å²) >= 11 is 3.41. The fourth-order valence-electron chi connectivity index (χ4n) is 2.24. The van der Waals surface area contributed by atoms with Gasteiger partial charge in [-0.15, -0.1) is 0 Å². The van der Waals surface area contributed by atoms with E-state index in [0.717, 1.165) is 26.6 Å². The lowest BCUT2D eigenvalue weighted by Crippen LogP contribution is -2.06. The number of Topliss-reactive ketones (excluding diaryl/α,β-unsaturated/α-hetero) is 1. The van der Waals surface area contributed by atoms with Crippen LogP contribution in [0, 0.1) is 6.92 Å². The molecule has 0 saturated carbocycles. The number of pyridine rings is 2. The van der Waals surface area contributed by atoms with Crippen LogP contribution in [0.25, 0.3) is 10.9 Å². The lowest BCUT2D eigenvalue weighted by Gasteiger charge is -2.04. The smallest absolute Gasteiger partial charge is 0.185 e. The molecule has 0 atom stereocenters. The van der Waals surface area contributed by atoms with Crippen LogP contribution in [0.15, 0.2) is 53.1 Å². The zero-order chi connectivity index (χ0) is 14.8. The van der Waals surface area contributed by atoms with Gasteiger partial charge in [0.05, 0.1) is 5.52 Å². The van der Waals surface area contributed by atoms with E-state index in [-0.39, 0.29) is 5.78 Å². The average Bonchev–Trinajstić information content (AvgIpc) is 2.46. The van der Waals surface area contributed by atoms with Crippen molar-refractivity contribution in [3.8, 4) is 0 Å². The summed E-state index contributed by atoms with van der Waals surface area (Å²) in [5.74, 6) is 0.0287. The molecule has 0 radical (unpaired) electrons. The maximum atomic E-state index is 12.3. The number of aromatic nitrogens is 2. The SMILES string of the molecule is Cc1cccc(C(=O)Cc2ccc3ncc(Br)cc3c2)n1. The Kier molecular flexibility index (Phi) is 3.80. The number of benzene rings is 1. The van der Waals surface area contributed by atoms with Gasteiger partial charge in [0.1, 0.15) is 5.69 Å². The van der Waals surface area contributed by atoms with Crippen LogP contribution in [0.3, 0.4) is 0 Å². The van der Waals surface area contributed by atoms with Gasteiger partial charge in [-0.05, 0) is 58.7 Å². The highest BCUT2D eigenvalue weighted by Gasteiger charge is 2.09. The minimum absolute atomic E-state index is 0.0287. The van der Waals surface area contributed by atoms with Gasteiger partial charge in [0.15, 0.2) is 5.78 Å². The van der Waals surface area contributed by atoms with E-state index in [1.807, 2.05) is 43.3 Å². The van der Waals surface area contributed by atoms with E-state index in [9.17, 15) is 4.79 Å². The molecule has 3 rings (SSSR count). The molecule has 0 amide bonds. The molecule has 0 aliphatic rings. The maximum Gasteiger partial charge on any atom is 0.185 e. The van der Waals surface area contributed by atoms with E-state index in [4.69, 9.17) is 0 Å². The molecular formula is C17H13BrN2O. The second-order valence-corrected chi connectivity index (χ2v) is 5.86. The summed E-state index contributed by atoms with van der Waals surface area (Å²) < 4.78 is 0.929. The first-order valence-electron chi connectivity index (χ1n) is 6.63. The first-order valence-corrected chi connectivity index (χ1v) is 7.42. The normalized spacial score (nSPS) is 10.8. The number of hydrogen-bond acceptors (Lipinski definition) is 3. The molecule has 0 saturated heterocycles. The third kappa shape index (κ3) is 3.16. The van der Waals surface area contributed by atoms with E-state index in [2.05, 4.69) is 25.9 Å². The molecule has 1 aromatic carbocycles. The lowest BCUT2D eigenvalue weighted by atomic mass is 10.0. The van der Waals surface area contributed by atoms with Gasteiger partial charge in [-0.1, -0.05) is 12.1 Å². The van der Waals surface area contributed by atoms with Crippen molar-refractivity contribution in [1.82, 2.24) is 9.97 Å². The summed E-state index contributed by atoms with van der Waals surface area (Å²) in [7, 11) is 0. The van der Waals surface area contributed by atoms with Crippen molar-refractivity contribution >= 4 is 32.6 Å². The summed E-state index contributed by atoms with van der Waals surface area (Å²) in [6.45, 7) is 1.88. The molecule has 3 nitrogen and oxygen atoms in total. The quantitative estimate of drug-likeness (QED) is 0.673. The van der Waals surface area contributed by atoms with E-state index in [1.54, 1.807) is 12.3 Å². The predicted molar refractivity (Wildman–Crippen MR) is 86.5 cm³/mol. The molecule has 0 unspecified atom stereocenters. The largest absolute Gasteiger partial charge is 0.292 e. The highest BCUT2D eigenvalue weighted by molar-refractivity contribution is 9.10. The monoisotopic (exact) mass is 340 g/mol. The lowest BCUT2D eigenvalue weighted by molar-refractivity contribution is 0.0988. The Balaban J connectivity index is 1.89. The molecule has 0 bridgehead atoms.